The maximum atomic E-state index is 12.3. The van der Waals surface area contributed by atoms with Gasteiger partial charge in [-0.15, -0.1) is 0 Å². The maximum Gasteiger partial charge on any atom is 0.338 e. The molecule has 8 heteroatoms. The first kappa shape index (κ1) is 22.1. The SMILES string of the molecule is COc1cc(C(=O)OCC(=O)Nc2cc(Cl)ccc2C#N)ccc1OCC(C)C. The monoisotopic (exact) mass is 416 g/mol. The Morgan fingerprint density at radius 1 is 1.17 bits per heavy atom. The number of carbonyl (C=O) groups is 2. The highest BCUT2D eigenvalue weighted by atomic mass is 35.5. The van der Waals surface area contributed by atoms with Gasteiger partial charge in [0.05, 0.1) is 30.5 Å². The molecule has 0 saturated heterocycles. The summed E-state index contributed by atoms with van der Waals surface area (Å²) >= 11 is 5.88. The number of halogens is 1. The van der Waals surface area contributed by atoms with Crippen LogP contribution in [-0.4, -0.2) is 32.2 Å². The lowest BCUT2D eigenvalue weighted by Gasteiger charge is -2.13. The predicted molar refractivity (Wildman–Crippen MR) is 108 cm³/mol. The molecule has 0 unspecified atom stereocenters. The lowest BCUT2D eigenvalue weighted by Crippen LogP contribution is -2.21. The molecule has 2 rings (SSSR count). The van der Waals surface area contributed by atoms with Crippen LogP contribution in [0.3, 0.4) is 0 Å². The number of rotatable bonds is 8. The van der Waals surface area contributed by atoms with Crippen molar-refractivity contribution in [3.63, 3.8) is 0 Å². The molecule has 0 atom stereocenters. The molecule has 29 heavy (non-hydrogen) atoms. The maximum absolute atomic E-state index is 12.3. The van der Waals surface area contributed by atoms with Gasteiger partial charge in [-0.3, -0.25) is 4.79 Å². The number of methoxy groups -OCH3 is 1. The smallest absolute Gasteiger partial charge is 0.338 e. The Hall–Kier alpha value is -3.24. The van der Waals surface area contributed by atoms with Crippen LogP contribution >= 0.6 is 11.6 Å². The minimum Gasteiger partial charge on any atom is -0.493 e. The minimum atomic E-state index is -0.694. The van der Waals surface area contributed by atoms with Crippen molar-refractivity contribution >= 4 is 29.2 Å². The molecule has 0 aliphatic carbocycles. The normalized spacial score (nSPS) is 10.2. The summed E-state index contributed by atoms with van der Waals surface area (Å²) in [6, 6.07) is 11.0. The Kier molecular flexibility index (Phi) is 7.87. The van der Waals surface area contributed by atoms with Crippen molar-refractivity contribution < 1.29 is 23.8 Å². The van der Waals surface area contributed by atoms with Gasteiger partial charge >= 0.3 is 5.97 Å². The molecule has 1 amide bonds. The number of ether oxygens (including phenoxy) is 3. The summed E-state index contributed by atoms with van der Waals surface area (Å²) in [6.07, 6.45) is 0. The number of benzene rings is 2. The third kappa shape index (κ3) is 6.40. The van der Waals surface area contributed by atoms with Gasteiger partial charge in [0.2, 0.25) is 0 Å². The summed E-state index contributed by atoms with van der Waals surface area (Å²) in [5.74, 6) is -0.0482. The van der Waals surface area contributed by atoms with E-state index in [0.717, 1.165) is 0 Å². The number of carbonyl (C=O) groups excluding carboxylic acids is 2. The van der Waals surface area contributed by atoms with E-state index in [1.807, 2.05) is 19.9 Å². The van der Waals surface area contributed by atoms with Crippen LogP contribution in [0.5, 0.6) is 11.5 Å². The fourth-order valence-corrected chi connectivity index (χ4v) is 2.46. The molecule has 0 aliphatic heterocycles. The Balaban J connectivity index is 1.99. The first-order valence-corrected chi connectivity index (χ1v) is 9.19. The first-order chi connectivity index (χ1) is 13.8. The predicted octanol–water partition coefficient (Wildman–Crippen LogP) is 4.05. The standard InChI is InChI=1S/C21H21ClN2O5/c1-13(2)11-28-18-7-5-14(8-19(18)27-3)21(26)29-12-20(25)24-17-9-16(22)6-4-15(17)10-23/h4-9,13H,11-12H2,1-3H3,(H,24,25). The van der Waals surface area contributed by atoms with Crippen LogP contribution in [0.25, 0.3) is 0 Å². The number of amides is 1. The van der Waals surface area contributed by atoms with Crippen LogP contribution in [0.4, 0.5) is 5.69 Å². The van der Waals surface area contributed by atoms with E-state index in [4.69, 9.17) is 31.1 Å². The second-order valence-electron chi connectivity index (χ2n) is 6.50. The van der Waals surface area contributed by atoms with Gasteiger partial charge in [-0.25, -0.2) is 4.79 Å². The molecule has 7 nitrogen and oxygen atoms in total. The number of hydrogen-bond donors (Lipinski definition) is 1. The van der Waals surface area contributed by atoms with Gasteiger partial charge in [-0.1, -0.05) is 25.4 Å². The zero-order valence-electron chi connectivity index (χ0n) is 16.3. The van der Waals surface area contributed by atoms with Crippen molar-refractivity contribution in [3.05, 3.63) is 52.5 Å². The van der Waals surface area contributed by atoms with E-state index in [1.165, 1.54) is 37.4 Å². The number of hydrogen-bond acceptors (Lipinski definition) is 6. The second-order valence-corrected chi connectivity index (χ2v) is 6.93. The van der Waals surface area contributed by atoms with E-state index in [1.54, 1.807) is 6.07 Å². The highest BCUT2D eigenvalue weighted by Crippen LogP contribution is 2.29. The molecule has 0 aromatic heterocycles. The van der Waals surface area contributed by atoms with Crippen LogP contribution in [0.2, 0.25) is 5.02 Å². The first-order valence-electron chi connectivity index (χ1n) is 8.81. The topological polar surface area (TPSA) is 97.6 Å². The molecular formula is C21H21ClN2O5. The van der Waals surface area contributed by atoms with Crippen molar-refractivity contribution in [2.75, 3.05) is 25.6 Å². The van der Waals surface area contributed by atoms with E-state index in [0.29, 0.717) is 29.0 Å². The van der Waals surface area contributed by atoms with Gasteiger partial charge in [0, 0.05) is 5.02 Å². The number of nitriles is 1. The van der Waals surface area contributed by atoms with E-state index in [-0.39, 0.29) is 16.8 Å². The van der Waals surface area contributed by atoms with Crippen LogP contribution in [0.15, 0.2) is 36.4 Å². The van der Waals surface area contributed by atoms with E-state index in [2.05, 4.69) is 5.32 Å². The molecule has 1 N–H and O–H groups in total. The average Bonchev–Trinajstić information content (AvgIpc) is 2.70. The molecular weight excluding hydrogens is 396 g/mol. The van der Waals surface area contributed by atoms with Crippen LogP contribution in [-0.2, 0) is 9.53 Å². The Morgan fingerprint density at radius 3 is 2.59 bits per heavy atom. The molecule has 2 aromatic rings. The van der Waals surface area contributed by atoms with Crippen LogP contribution in [0, 0.1) is 17.2 Å². The van der Waals surface area contributed by atoms with Crippen LogP contribution < -0.4 is 14.8 Å². The highest BCUT2D eigenvalue weighted by molar-refractivity contribution is 6.31. The summed E-state index contributed by atoms with van der Waals surface area (Å²) in [4.78, 5) is 24.3. The van der Waals surface area contributed by atoms with E-state index < -0.39 is 18.5 Å². The summed E-state index contributed by atoms with van der Waals surface area (Å²) in [7, 11) is 1.47. The van der Waals surface area contributed by atoms with Gasteiger partial charge < -0.3 is 19.5 Å². The molecule has 152 valence electrons. The quantitative estimate of drug-likeness (QED) is 0.652. The van der Waals surface area contributed by atoms with Crippen LogP contribution in [0.1, 0.15) is 29.8 Å². The number of esters is 1. The van der Waals surface area contributed by atoms with Gasteiger partial charge in [0.25, 0.3) is 5.91 Å². The molecule has 0 bridgehead atoms. The summed E-state index contributed by atoms with van der Waals surface area (Å²) in [5, 5.41) is 11.9. The van der Waals surface area contributed by atoms with E-state index >= 15 is 0 Å². The van der Waals surface area contributed by atoms with Crippen molar-refractivity contribution in [1.29, 1.82) is 5.26 Å². The fourth-order valence-electron chi connectivity index (χ4n) is 2.29. The number of anilines is 1. The Labute approximate surface area is 174 Å². The fraction of sp³-hybridized carbons (Fsp3) is 0.286. The van der Waals surface area contributed by atoms with Crippen molar-refractivity contribution in [2.45, 2.75) is 13.8 Å². The summed E-state index contributed by atoms with van der Waals surface area (Å²) in [6.45, 7) is 4.02. The Bertz CT molecular complexity index is 937. The van der Waals surface area contributed by atoms with Crippen molar-refractivity contribution in [2.24, 2.45) is 5.92 Å². The van der Waals surface area contributed by atoms with Gasteiger partial charge in [-0.05, 0) is 42.3 Å². The molecule has 0 fully saturated rings. The largest absolute Gasteiger partial charge is 0.493 e. The number of nitrogens with zero attached hydrogens (tertiary/aromatic N) is 1. The lowest BCUT2D eigenvalue weighted by molar-refractivity contribution is -0.119. The van der Waals surface area contributed by atoms with Crippen molar-refractivity contribution in [1.82, 2.24) is 0 Å². The third-order valence-corrected chi connectivity index (χ3v) is 3.92. The van der Waals surface area contributed by atoms with Gasteiger partial charge in [0.1, 0.15) is 6.07 Å². The molecule has 2 aromatic carbocycles. The summed E-state index contributed by atoms with van der Waals surface area (Å²) in [5.41, 5.74) is 0.706. The zero-order chi connectivity index (χ0) is 21.4. The van der Waals surface area contributed by atoms with Gasteiger partial charge in [0.15, 0.2) is 18.1 Å². The lowest BCUT2D eigenvalue weighted by atomic mass is 10.2. The minimum absolute atomic E-state index is 0.215. The molecule has 0 spiro atoms. The average molecular weight is 417 g/mol. The van der Waals surface area contributed by atoms with Gasteiger partial charge in [-0.2, -0.15) is 5.26 Å². The zero-order valence-corrected chi connectivity index (χ0v) is 17.1. The molecule has 0 radical (unpaired) electrons. The summed E-state index contributed by atoms with van der Waals surface area (Å²) < 4.78 is 15.9. The second kappa shape index (κ2) is 10.3. The number of nitrogens with one attached hydrogen (secondary N) is 1. The molecule has 0 aliphatic rings. The molecule has 0 heterocycles. The Morgan fingerprint density at radius 2 is 1.93 bits per heavy atom. The highest BCUT2D eigenvalue weighted by Gasteiger charge is 2.15. The third-order valence-electron chi connectivity index (χ3n) is 3.68. The van der Waals surface area contributed by atoms with E-state index in [9.17, 15) is 9.59 Å². The molecule has 0 saturated carbocycles. The van der Waals surface area contributed by atoms with Crippen molar-refractivity contribution in [3.8, 4) is 17.6 Å².